The molecule has 0 aliphatic carbocycles. The Morgan fingerprint density at radius 3 is 2.48 bits per heavy atom. The van der Waals surface area contributed by atoms with Crippen LogP contribution in [0.3, 0.4) is 0 Å². The first-order chi connectivity index (χ1) is 19.3. The van der Waals surface area contributed by atoms with Crippen molar-refractivity contribution in [3.8, 4) is 23.3 Å². The average Bonchev–Trinajstić information content (AvgIpc) is 3.35. The highest BCUT2D eigenvalue weighted by molar-refractivity contribution is 5.97. The molecule has 7 heteroatoms. The van der Waals surface area contributed by atoms with Crippen LogP contribution in [0.4, 0.5) is 0 Å². The van der Waals surface area contributed by atoms with Crippen molar-refractivity contribution in [2.75, 3.05) is 33.9 Å². The van der Waals surface area contributed by atoms with Crippen LogP contribution in [0.1, 0.15) is 40.9 Å². The van der Waals surface area contributed by atoms with Crippen molar-refractivity contribution in [3.63, 3.8) is 0 Å². The average molecular weight is 540 g/mol. The maximum Gasteiger partial charge on any atom is 0.255 e. The Bertz CT molecular complexity index is 1480. The SMILES string of the molecule is CC(C)Oc1ccc(C#Cc2ccc(OCCN(C)C)cc2)cc1C(=O)N[C@@H](CO)Cc1c[nH]c2ccccc12. The first kappa shape index (κ1) is 28.8. The van der Waals surface area contributed by atoms with Crippen molar-refractivity contribution in [3.05, 3.63) is 95.2 Å². The molecule has 1 heterocycles. The van der Waals surface area contributed by atoms with Crippen LogP contribution in [0.2, 0.25) is 0 Å². The minimum atomic E-state index is -0.466. The zero-order valence-electron chi connectivity index (χ0n) is 23.5. The van der Waals surface area contributed by atoms with Crippen LogP contribution in [0, 0.1) is 11.8 Å². The number of para-hydroxylation sites is 1. The van der Waals surface area contributed by atoms with Crippen LogP contribution in [0.25, 0.3) is 10.9 Å². The number of nitrogens with one attached hydrogen (secondary N) is 2. The molecule has 0 fully saturated rings. The fraction of sp³-hybridized carbons (Fsp3) is 0.303. The van der Waals surface area contributed by atoms with Gasteiger partial charge in [0.05, 0.1) is 24.3 Å². The molecule has 0 radical (unpaired) electrons. The third kappa shape index (κ3) is 7.89. The normalized spacial score (nSPS) is 11.8. The second kappa shape index (κ2) is 13.7. The van der Waals surface area contributed by atoms with Gasteiger partial charge in [0.25, 0.3) is 5.91 Å². The first-order valence-electron chi connectivity index (χ1n) is 13.5. The van der Waals surface area contributed by atoms with Gasteiger partial charge in [-0.05, 0) is 88.5 Å². The van der Waals surface area contributed by atoms with E-state index in [1.54, 1.807) is 12.1 Å². The van der Waals surface area contributed by atoms with Crippen molar-refractivity contribution in [1.82, 2.24) is 15.2 Å². The number of nitrogens with zero attached hydrogens (tertiary/aromatic N) is 1. The van der Waals surface area contributed by atoms with Crippen molar-refractivity contribution in [2.24, 2.45) is 0 Å². The monoisotopic (exact) mass is 539 g/mol. The number of H-pyrrole nitrogens is 1. The number of hydrogen-bond acceptors (Lipinski definition) is 5. The summed E-state index contributed by atoms with van der Waals surface area (Å²) in [5.41, 5.74) is 3.95. The van der Waals surface area contributed by atoms with E-state index in [-0.39, 0.29) is 18.6 Å². The number of ether oxygens (including phenoxy) is 2. The molecule has 4 aromatic rings. The summed E-state index contributed by atoms with van der Waals surface area (Å²) in [7, 11) is 4.02. The van der Waals surface area contributed by atoms with E-state index in [0.29, 0.717) is 29.9 Å². The first-order valence-corrected chi connectivity index (χ1v) is 13.5. The summed E-state index contributed by atoms with van der Waals surface area (Å²) in [6, 6.07) is 20.5. The van der Waals surface area contributed by atoms with Crippen molar-refractivity contribution >= 4 is 16.8 Å². The summed E-state index contributed by atoms with van der Waals surface area (Å²) in [6.45, 7) is 5.09. The molecular weight excluding hydrogens is 502 g/mol. The second-order valence-corrected chi connectivity index (χ2v) is 10.2. The van der Waals surface area contributed by atoms with E-state index in [1.807, 2.05) is 88.7 Å². The molecule has 0 aliphatic rings. The van der Waals surface area contributed by atoms with Gasteiger partial charge in [-0.3, -0.25) is 4.79 Å². The van der Waals surface area contributed by atoms with Crippen LogP contribution >= 0.6 is 0 Å². The minimum absolute atomic E-state index is 0.109. The molecular formula is C33H37N3O4. The topological polar surface area (TPSA) is 86.8 Å². The largest absolute Gasteiger partial charge is 0.492 e. The van der Waals surface area contributed by atoms with Gasteiger partial charge in [-0.15, -0.1) is 0 Å². The van der Waals surface area contributed by atoms with Gasteiger partial charge in [-0.1, -0.05) is 30.0 Å². The van der Waals surface area contributed by atoms with Crippen LogP contribution in [0.5, 0.6) is 11.5 Å². The summed E-state index contributed by atoms with van der Waals surface area (Å²) >= 11 is 0. The molecule has 4 rings (SSSR count). The zero-order valence-corrected chi connectivity index (χ0v) is 23.5. The summed E-state index contributed by atoms with van der Waals surface area (Å²) in [5, 5.41) is 14.1. The molecule has 0 saturated heterocycles. The number of aromatic nitrogens is 1. The van der Waals surface area contributed by atoms with E-state index in [0.717, 1.165) is 34.3 Å². The van der Waals surface area contributed by atoms with Gasteiger partial charge in [0.15, 0.2) is 0 Å². The third-order valence-corrected chi connectivity index (χ3v) is 6.30. The summed E-state index contributed by atoms with van der Waals surface area (Å²) in [6.07, 6.45) is 2.30. The Morgan fingerprint density at radius 2 is 1.75 bits per heavy atom. The van der Waals surface area contributed by atoms with Crippen molar-refractivity contribution < 1.29 is 19.4 Å². The number of benzene rings is 3. The van der Waals surface area contributed by atoms with Crippen LogP contribution in [-0.4, -0.2) is 66.9 Å². The van der Waals surface area contributed by atoms with Gasteiger partial charge in [0.1, 0.15) is 18.1 Å². The number of hydrogen-bond donors (Lipinski definition) is 3. The second-order valence-electron chi connectivity index (χ2n) is 10.2. The number of carbonyl (C=O) groups is 1. The Hall–Kier alpha value is -4.25. The lowest BCUT2D eigenvalue weighted by Crippen LogP contribution is -2.39. The molecule has 7 nitrogen and oxygen atoms in total. The van der Waals surface area contributed by atoms with Gasteiger partial charge in [0.2, 0.25) is 0 Å². The lowest BCUT2D eigenvalue weighted by atomic mass is 10.0. The number of aromatic amines is 1. The molecule has 3 N–H and O–H groups in total. The number of aliphatic hydroxyl groups excluding tert-OH is 1. The fourth-order valence-electron chi connectivity index (χ4n) is 4.26. The number of fused-ring (bicyclic) bond motifs is 1. The van der Waals surface area contributed by atoms with Gasteiger partial charge in [0, 0.05) is 34.8 Å². The highest BCUT2D eigenvalue weighted by atomic mass is 16.5. The van der Waals surface area contributed by atoms with Crippen LogP contribution < -0.4 is 14.8 Å². The van der Waals surface area contributed by atoms with Crippen LogP contribution in [-0.2, 0) is 6.42 Å². The highest BCUT2D eigenvalue weighted by Crippen LogP contribution is 2.23. The van der Waals surface area contributed by atoms with Gasteiger partial charge < -0.3 is 29.8 Å². The fourth-order valence-corrected chi connectivity index (χ4v) is 4.26. The molecule has 208 valence electrons. The van der Waals surface area contributed by atoms with Crippen molar-refractivity contribution in [1.29, 1.82) is 0 Å². The Morgan fingerprint density at radius 1 is 1.02 bits per heavy atom. The maximum atomic E-state index is 13.4. The zero-order chi connectivity index (χ0) is 28.5. The lowest BCUT2D eigenvalue weighted by molar-refractivity contribution is 0.0910. The molecule has 0 aliphatic heterocycles. The molecule has 0 bridgehead atoms. The molecule has 0 unspecified atom stereocenters. The predicted molar refractivity (Wildman–Crippen MR) is 159 cm³/mol. The molecule has 40 heavy (non-hydrogen) atoms. The van der Waals surface area contributed by atoms with Gasteiger partial charge in [-0.2, -0.15) is 0 Å². The van der Waals surface area contributed by atoms with Crippen LogP contribution in [0.15, 0.2) is 72.9 Å². The number of carbonyl (C=O) groups excluding carboxylic acids is 1. The minimum Gasteiger partial charge on any atom is -0.492 e. The number of amides is 1. The van der Waals surface area contributed by atoms with Crippen molar-refractivity contribution in [2.45, 2.75) is 32.4 Å². The quantitative estimate of drug-likeness (QED) is 0.242. The standard InChI is InChI=1S/C33H37N3O4/c1-23(2)40-32-16-13-25(10-9-24-11-14-28(15-12-24)39-18-17-36(3)4)19-30(32)33(38)35-27(22-37)20-26-21-34-31-8-6-5-7-29(26)31/h5-8,11-16,19,21,23,27,34,37H,17-18,20,22H2,1-4H3,(H,35,38)/t27-/m1/s1. The summed E-state index contributed by atoms with van der Waals surface area (Å²) in [5.74, 6) is 7.26. The molecule has 3 aromatic carbocycles. The predicted octanol–water partition coefficient (Wildman–Crippen LogP) is 4.63. The molecule has 0 spiro atoms. The van der Waals surface area contributed by atoms with E-state index >= 15 is 0 Å². The smallest absolute Gasteiger partial charge is 0.255 e. The highest BCUT2D eigenvalue weighted by Gasteiger charge is 2.19. The molecule has 1 atom stereocenters. The Balaban J connectivity index is 1.49. The van der Waals surface area contributed by atoms with E-state index in [1.165, 1.54) is 0 Å². The van der Waals surface area contributed by atoms with E-state index in [2.05, 4.69) is 27.0 Å². The van der Waals surface area contributed by atoms with E-state index in [4.69, 9.17) is 9.47 Å². The summed E-state index contributed by atoms with van der Waals surface area (Å²) < 4.78 is 11.7. The Labute approximate surface area is 236 Å². The molecule has 1 aromatic heterocycles. The van der Waals surface area contributed by atoms with E-state index in [9.17, 15) is 9.90 Å². The third-order valence-electron chi connectivity index (χ3n) is 6.30. The molecule has 1 amide bonds. The Kier molecular flexibility index (Phi) is 9.85. The van der Waals surface area contributed by atoms with Gasteiger partial charge >= 0.3 is 0 Å². The summed E-state index contributed by atoms with van der Waals surface area (Å²) in [4.78, 5) is 18.7. The number of likely N-dealkylation sites (N-methyl/N-ethyl adjacent to an activating group) is 1. The number of rotatable bonds is 11. The van der Waals surface area contributed by atoms with E-state index < -0.39 is 6.04 Å². The molecule has 0 saturated carbocycles. The van der Waals surface area contributed by atoms with Gasteiger partial charge in [-0.25, -0.2) is 0 Å². The number of aliphatic hydroxyl groups is 1. The maximum absolute atomic E-state index is 13.4. The lowest BCUT2D eigenvalue weighted by Gasteiger charge is -2.19.